The minimum Gasteiger partial charge on any atom is -0.319 e. The molecule has 0 bridgehead atoms. The molecule has 0 aromatic carbocycles. The number of carbonyl (C=O) groups is 1. The SMILES string of the molecule is Cn1ccc(CN2CCC(n3cc(N4CCCC4=O)cn3)C2)cc1=O. The van der Waals surface area contributed by atoms with E-state index in [1.807, 2.05) is 28.0 Å². The molecule has 0 radical (unpaired) electrons. The Labute approximate surface area is 146 Å². The van der Waals surface area contributed by atoms with Crippen LogP contribution in [-0.2, 0) is 18.4 Å². The number of rotatable bonds is 4. The molecule has 0 N–H and O–H groups in total. The zero-order valence-corrected chi connectivity index (χ0v) is 14.5. The van der Waals surface area contributed by atoms with Gasteiger partial charge in [-0.2, -0.15) is 5.10 Å². The van der Waals surface area contributed by atoms with Crippen molar-refractivity contribution in [1.29, 1.82) is 0 Å². The van der Waals surface area contributed by atoms with Crippen LogP contribution in [0.1, 0.15) is 30.9 Å². The minimum absolute atomic E-state index is 0.0280. The van der Waals surface area contributed by atoms with Gasteiger partial charge in [0.2, 0.25) is 5.91 Å². The first-order chi connectivity index (χ1) is 12.1. The molecule has 2 aromatic rings. The van der Waals surface area contributed by atoms with Crippen LogP contribution < -0.4 is 10.5 Å². The Hall–Kier alpha value is -2.41. The lowest BCUT2D eigenvalue weighted by Crippen LogP contribution is -2.24. The van der Waals surface area contributed by atoms with E-state index in [-0.39, 0.29) is 11.5 Å². The summed E-state index contributed by atoms with van der Waals surface area (Å²) >= 11 is 0. The van der Waals surface area contributed by atoms with Crippen molar-refractivity contribution >= 4 is 11.6 Å². The molecule has 0 aliphatic carbocycles. The first kappa shape index (κ1) is 16.1. The van der Waals surface area contributed by atoms with E-state index in [0.29, 0.717) is 12.5 Å². The standard InChI is InChI=1S/C18H23N5O2/c1-20-7-4-14(9-18(20)25)11-21-8-5-15(12-21)23-13-16(10-19-23)22-6-2-3-17(22)24/h4,7,9-10,13,15H,2-3,5-6,8,11-12H2,1H3. The summed E-state index contributed by atoms with van der Waals surface area (Å²) in [5.74, 6) is 0.193. The maximum Gasteiger partial charge on any atom is 0.250 e. The van der Waals surface area contributed by atoms with Crippen LogP contribution in [0.3, 0.4) is 0 Å². The maximum atomic E-state index is 11.9. The van der Waals surface area contributed by atoms with Crippen molar-refractivity contribution in [2.75, 3.05) is 24.5 Å². The molecule has 2 aliphatic heterocycles. The van der Waals surface area contributed by atoms with Gasteiger partial charge in [0, 0.05) is 58.1 Å². The van der Waals surface area contributed by atoms with Crippen LogP contribution in [0.4, 0.5) is 5.69 Å². The predicted octanol–water partition coefficient (Wildman–Crippen LogP) is 1.16. The van der Waals surface area contributed by atoms with Crippen molar-refractivity contribution in [3.05, 3.63) is 46.6 Å². The Bertz CT molecular complexity index is 840. The van der Waals surface area contributed by atoms with Crippen LogP contribution in [0.15, 0.2) is 35.5 Å². The summed E-state index contributed by atoms with van der Waals surface area (Å²) in [6, 6.07) is 4.02. The monoisotopic (exact) mass is 341 g/mol. The van der Waals surface area contributed by atoms with Crippen molar-refractivity contribution in [1.82, 2.24) is 19.2 Å². The first-order valence-corrected chi connectivity index (χ1v) is 8.82. The molecule has 1 unspecified atom stereocenters. The van der Waals surface area contributed by atoms with Gasteiger partial charge in [-0.25, -0.2) is 0 Å². The average molecular weight is 341 g/mol. The largest absolute Gasteiger partial charge is 0.319 e. The smallest absolute Gasteiger partial charge is 0.250 e. The Morgan fingerprint density at radius 3 is 2.92 bits per heavy atom. The summed E-state index contributed by atoms with van der Waals surface area (Å²) in [5.41, 5.74) is 1.99. The summed E-state index contributed by atoms with van der Waals surface area (Å²) in [5, 5.41) is 4.49. The van der Waals surface area contributed by atoms with Gasteiger partial charge >= 0.3 is 0 Å². The summed E-state index contributed by atoms with van der Waals surface area (Å²) in [7, 11) is 1.76. The van der Waals surface area contributed by atoms with Crippen molar-refractivity contribution in [3.63, 3.8) is 0 Å². The maximum absolute atomic E-state index is 11.9. The number of carbonyl (C=O) groups excluding carboxylic acids is 1. The van der Waals surface area contributed by atoms with Gasteiger partial charge in [-0.05, 0) is 24.5 Å². The molecule has 2 fully saturated rings. The van der Waals surface area contributed by atoms with E-state index in [0.717, 1.165) is 50.3 Å². The number of aryl methyl sites for hydroxylation is 1. The number of anilines is 1. The van der Waals surface area contributed by atoms with Crippen LogP contribution in [0.25, 0.3) is 0 Å². The summed E-state index contributed by atoms with van der Waals surface area (Å²) in [6.45, 7) is 3.47. The van der Waals surface area contributed by atoms with Crippen LogP contribution >= 0.6 is 0 Å². The Kier molecular flexibility index (Phi) is 4.17. The quantitative estimate of drug-likeness (QED) is 0.837. The molecule has 4 heterocycles. The third-order valence-electron chi connectivity index (χ3n) is 5.17. The van der Waals surface area contributed by atoms with E-state index in [1.54, 1.807) is 23.9 Å². The topological polar surface area (TPSA) is 63.4 Å². The van der Waals surface area contributed by atoms with E-state index in [9.17, 15) is 9.59 Å². The number of amides is 1. The van der Waals surface area contributed by atoms with Gasteiger partial charge < -0.3 is 9.47 Å². The molecule has 4 rings (SSSR count). The molecule has 0 saturated carbocycles. The minimum atomic E-state index is 0.0280. The van der Waals surface area contributed by atoms with Gasteiger partial charge in [0.1, 0.15) is 0 Å². The molecule has 1 amide bonds. The van der Waals surface area contributed by atoms with Gasteiger partial charge in [0.15, 0.2) is 0 Å². The fourth-order valence-corrected chi connectivity index (χ4v) is 3.71. The molecular formula is C18H23N5O2. The van der Waals surface area contributed by atoms with Crippen molar-refractivity contribution in [2.45, 2.75) is 31.8 Å². The van der Waals surface area contributed by atoms with E-state index in [4.69, 9.17) is 0 Å². The van der Waals surface area contributed by atoms with Crippen molar-refractivity contribution < 1.29 is 4.79 Å². The fraction of sp³-hybridized carbons (Fsp3) is 0.500. The number of pyridine rings is 1. The molecule has 2 aromatic heterocycles. The molecule has 7 nitrogen and oxygen atoms in total. The van der Waals surface area contributed by atoms with Gasteiger partial charge in [-0.15, -0.1) is 0 Å². The molecular weight excluding hydrogens is 318 g/mol. The number of hydrogen-bond acceptors (Lipinski definition) is 4. The summed E-state index contributed by atoms with van der Waals surface area (Å²) in [4.78, 5) is 27.8. The number of aromatic nitrogens is 3. The lowest BCUT2D eigenvalue weighted by Gasteiger charge is -2.16. The molecule has 7 heteroatoms. The number of nitrogens with zero attached hydrogens (tertiary/aromatic N) is 5. The van der Waals surface area contributed by atoms with Crippen molar-refractivity contribution in [2.24, 2.45) is 7.05 Å². The van der Waals surface area contributed by atoms with Gasteiger partial charge in [0.05, 0.1) is 17.9 Å². The zero-order valence-electron chi connectivity index (χ0n) is 14.5. The first-order valence-electron chi connectivity index (χ1n) is 8.82. The molecule has 2 aliphatic rings. The molecule has 0 spiro atoms. The highest BCUT2D eigenvalue weighted by molar-refractivity contribution is 5.95. The molecule has 1 atom stereocenters. The predicted molar refractivity (Wildman–Crippen MR) is 94.4 cm³/mol. The third-order valence-corrected chi connectivity index (χ3v) is 5.17. The normalized spacial score (nSPS) is 21.4. The van der Waals surface area contributed by atoms with Gasteiger partial charge in [-0.1, -0.05) is 0 Å². The number of hydrogen-bond donors (Lipinski definition) is 0. The van der Waals surface area contributed by atoms with E-state index in [2.05, 4.69) is 10.00 Å². The highest BCUT2D eigenvalue weighted by Gasteiger charge is 2.27. The second-order valence-electron chi connectivity index (χ2n) is 6.99. The van der Waals surface area contributed by atoms with E-state index in [1.165, 1.54) is 0 Å². The third kappa shape index (κ3) is 3.24. The zero-order chi connectivity index (χ0) is 17.4. The molecule has 2 saturated heterocycles. The summed E-state index contributed by atoms with van der Waals surface area (Å²) in [6.07, 6.45) is 8.21. The number of likely N-dealkylation sites (tertiary alicyclic amines) is 1. The Balaban J connectivity index is 1.40. The van der Waals surface area contributed by atoms with E-state index >= 15 is 0 Å². The van der Waals surface area contributed by atoms with E-state index < -0.39 is 0 Å². The van der Waals surface area contributed by atoms with Gasteiger partial charge in [-0.3, -0.25) is 19.2 Å². The molecule has 25 heavy (non-hydrogen) atoms. The highest BCUT2D eigenvalue weighted by Crippen LogP contribution is 2.26. The fourth-order valence-electron chi connectivity index (χ4n) is 3.71. The lowest BCUT2D eigenvalue weighted by molar-refractivity contribution is -0.117. The van der Waals surface area contributed by atoms with Crippen LogP contribution in [0.2, 0.25) is 0 Å². The van der Waals surface area contributed by atoms with Crippen LogP contribution in [-0.4, -0.2) is 44.8 Å². The van der Waals surface area contributed by atoms with Crippen molar-refractivity contribution in [3.8, 4) is 0 Å². The Morgan fingerprint density at radius 2 is 2.16 bits per heavy atom. The lowest BCUT2D eigenvalue weighted by atomic mass is 10.2. The average Bonchev–Trinajstić information content (AvgIpc) is 3.31. The highest BCUT2D eigenvalue weighted by atomic mass is 16.2. The second-order valence-corrected chi connectivity index (χ2v) is 6.99. The Morgan fingerprint density at radius 1 is 1.28 bits per heavy atom. The molecule has 132 valence electrons. The van der Waals surface area contributed by atoms with Gasteiger partial charge in [0.25, 0.3) is 5.56 Å². The van der Waals surface area contributed by atoms with Crippen LogP contribution in [0, 0.1) is 0 Å². The summed E-state index contributed by atoms with van der Waals surface area (Å²) < 4.78 is 3.58. The second kappa shape index (κ2) is 6.48. The van der Waals surface area contributed by atoms with Crippen LogP contribution in [0.5, 0.6) is 0 Å².